The van der Waals surface area contributed by atoms with Crippen molar-refractivity contribution >= 4 is 21.8 Å². The Kier molecular flexibility index (Phi) is 4.59. The molecule has 3 rings (SSSR count). The fraction of sp³-hybridized carbons (Fsp3) is 0.400. The number of H-pyrrole nitrogens is 1. The van der Waals surface area contributed by atoms with Crippen LogP contribution in [0.1, 0.15) is 51.0 Å². The van der Waals surface area contributed by atoms with Crippen LogP contribution >= 0.6 is 0 Å². The second kappa shape index (κ2) is 6.80. The first kappa shape index (κ1) is 14.2. The van der Waals surface area contributed by atoms with Gasteiger partial charge in [-0.05, 0) is 30.5 Å². The van der Waals surface area contributed by atoms with Crippen molar-refractivity contribution in [2.45, 2.75) is 51.9 Å². The Morgan fingerprint density at radius 2 is 1.52 bits per heavy atom. The van der Waals surface area contributed by atoms with Gasteiger partial charge in [-0.2, -0.15) is 0 Å². The van der Waals surface area contributed by atoms with Crippen LogP contribution in [-0.4, -0.2) is 4.98 Å². The minimum atomic E-state index is 1.21. The lowest BCUT2D eigenvalue weighted by Crippen LogP contribution is -1.86. The SMILES string of the molecule is CCCCCCCCc1ccc2c(c1)[nH]c1ccccc12. The summed E-state index contributed by atoms with van der Waals surface area (Å²) >= 11 is 0. The van der Waals surface area contributed by atoms with Crippen LogP contribution in [0.3, 0.4) is 0 Å². The number of benzene rings is 2. The van der Waals surface area contributed by atoms with Crippen molar-refractivity contribution in [1.29, 1.82) is 0 Å². The third-order valence-corrected chi connectivity index (χ3v) is 4.39. The van der Waals surface area contributed by atoms with E-state index < -0.39 is 0 Å². The molecule has 0 amide bonds. The molecule has 0 saturated heterocycles. The summed E-state index contributed by atoms with van der Waals surface area (Å²) in [6, 6.07) is 15.5. The minimum Gasteiger partial charge on any atom is -0.355 e. The van der Waals surface area contributed by atoms with Gasteiger partial charge in [0.25, 0.3) is 0 Å². The molecule has 0 fully saturated rings. The largest absolute Gasteiger partial charge is 0.355 e. The Morgan fingerprint density at radius 3 is 2.43 bits per heavy atom. The molecular weight excluding hydrogens is 254 g/mol. The maximum atomic E-state index is 3.54. The lowest BCUT2D eigenvalue weighted by Gasteiger charge is -2.02. The van der Waals surface area contributed by atoms with Crippen LogP contribution < -0.4 is 0 Å². The van der Waals surface area contributed by atoms with E-state index in [0.29, 0.717) is 0 Å². The van der Waals surface area contributed by atoms with Crippen LogP contribution in [0.25, 0.3) is 21.8 Å². The van der Waals surface area contributed by atoms with Crippen LogP contribution in [-0.2, 0) is 6.42 Å². The van der Waals surface area contributed by atoms with Gasteiger partial charge in [0.05, 0.1) is 0 Å². The molecule has 0 aliphatic carbocycles. The smallest absolute Gasteiger partial charge is 0.0467 e. The van der Waals surface area contributed by atoms with E-state index in [0.717, 1.165) is 0 Å². The Hall–Kier alpha value is -1.76. The molecule has 0 atom stereocenters. The molecule has 0 unspecified atom stereocenters. The summed E-state index contributed by atoms with van der Waals surface area (Å²) in [4.78, 5) is 3.54. The highest BCUT2D eigenvalue weighted by molar-refractivity contribution is 6.07. The van der Waals surface area contributed by atoms with Crippen molar-refractivity contribution in [3.8, 4) is 0 Å². The third kappa shape index (κ3) is 3.29. The van der Waals surface area contributed by atoms with Gasteiger partial charge in [-0.1, -0.05) is 69.4 Å². The van der Waals surface area contributed by atoms with Crippen LogP contribution in [0.2, 0.25) is 0 Å². The molecule has 0 aliphatic heterocycles. The Balaban J connectivity index is 1.66. The number of fused-ring (bicyclic) bond motifs is 3. The van der Waals surface area contributed by atoms with Gasteiger partial charge in [0, 0.05) is 21.8 Å². The average molecular weight is 279 g/mol. The van der Waals surface area contributed by atoms with Gasteiger partial charge in [0.15, 0.2) is 0 Å². The summed E-state index contributed by atoms with van der Waals surface area (Å²) in [5.41, 5.74) is 3.98. The molecule has 110 valence electrons. The predicted molar refractivity (Wildman–Crippen MR) is 92.9 cm³/mol. The highest BCUT2D eigenvalue weighted by atomic mass is 14.7. The summed E-state index contributed by atoms with van der Waals surface area (Å²) in [5.74, 6) is 0. The molecule has 1 aromatic heterocycles. The number of aromatic amines is 1. The number of aryl methyl sites for hydroxylation is 1. The second-order valence-electron chi connectivity index (χ2n) is 6.07. The highest BCUT2D eigenvalue weighted by Gasteiger charge is 2.04. The molecule has 0 spiro atoms. The van der Waals surface area contributed by atoms with Crippen molar-refractivity contribution in [2.75, 3.05) is 0 Å². The number of hydrogen-bond acceptors (Lipinski definition) is 0. The van der Waals surface area contributed by atoms with Crippen molar-refractivity contribution in [3.63, 3.8) is 0 Å². The number of rotatable bonds is 7. The molecule has 0 bridgehead atoms. The first-order chi connectivity index (χ1) is 10.4. The van der Waals surface area contributed by atoms with Crippen LogP contribution in [0.5, 0.6) is 0 Å². The molecule has 3 aromatic rings. The molecule has 2 aromatic carbocycles. The highest BCUT2D eigenvalue weighted by Crippen LogP contribution is 2.26. The minimum absolute atomic E-state index is 1.21. The zero-order chi connectivity index (χ0) is 14.5. The first-order valence-electron chi connectivity index (χ1n) is 8.38. The molecule has 1 heteroatoms. The van der Waals surface area contributed by atoms with Gasteiger partial charge in [-0.3, -0.25) is 0 Å². The zero-order valence-corrected chi connectivity index (χ0v) is 13.0. The van der Waals surface area contributed by atoms with Crippen molar-refractivity contribution < 1.29 is 0 Å². The molecule has 1 nitrogen and oxygen atoms in total. The predicted octanol–water partition coefficient (Wildman–Crippen LogP) is 6.22. The maximum absolute atomic E-state index is 3.54. The van der Waals surface area contributed by atoms with Gasteiger partial charge >= 0.3 is 0 Å². The standard InChI is InChI=1S/C20H25N/c1-2-3-4-5-6-7-10-16-13-14-18-17-11-8-9-12-19(17)21-20(18)15-16/h8-9,11-15,21H,2-7,10H2,1H3. The molecule has 1 N–H and O–H groups in total. The summed E-state index contributed by atoms with van der Waals surface area (Å²) in [5, 5.41) is 2.68. The topological polar surface area (TPSA) is 15.8 Å². The fourth-order valence-electron chi connectivity index (χ4n) is 3.17. The number of hydrogen-bond donors (Lipinski definition) is 1. The van der Waals surface area contributed by atoms with Gasteiger partial charge in [-0.25, -0.2) is 0 Å². The summed E-state index contributed by atoms with van der Waals surface area (Å²) < 4.78 is 0. The second-order valence-corrected chi connectivity index (χ2v) is 6.07. The van der Waals surface area contributed by atoms with Gasteiger partial charge in [0.2, 0.25) is 0 Å². The van der Waals surface area contributed by atoms with E-state index in [9.17, 15) is 0 Å². The van der Waals surface area contributed by atoms with E-state index >= 15 is 0 Å². The van der Waals surface area contributed by atoms with Gasteiger partial charge in [0.1, 0.15) is 0 Å². The van der Waals surface area contributed by atoms with Crippen molar-refractivity contribution in [1.82, 2.24) is 4.98 Å². The van der Waals surface area contributed by atoms with E-state index in [4.69, 9.17) is 0 Å². The molecule has 0 saturated carbocycles. The van der Waals surface area contributed by atoms with Crippen molar-refractivity contribution in [2.24, 2.45) is 0 Å². The summed E-state index contributed by atoms with van der Waals surface area (Å²) in [7, 11) is 0. The third-order valence-electron chi connectivity index (χ3n) is 4.39. The van der Waals surface area contributed by atoms with Gasteiger partial charge in [-0.15, -0.1) is 0 Å². The van der Waals surface area contributed by atoms with Gasteiger partial charge < -0.3 is 4.98 Å². The lowest BCUT2D eigenvalue weighted by atomic mass is 10.0. The number of nitrogens with one attached hydrogen (secondary N) is 1. The monoisotopic (exact) mass is 279 g/mol. The lowest BCUT2D eigenvalue weighted by molar-refractivity contribution is 0.607. The fourth-order valence-corrected chi connectivity index (χ4v) is 3.17. The number of aromatic nitrogens is 1. The number of para-hydroxylation sites is 1. The average Bonchev–Trinajstić information content (AvgIpc) is 2.88. The van der Waals surface area contributed by atoms with Crippen LogP contribution in [0.4, 0.5) is 0 Å². The molecule has 0 aliphatic rings. The summed E-state index contributed by atoms with van der Waals surface area (Å²) in [6.45, 7) is 2.27. The van der Waals surface area contributed by atoms with E-state index in [1.807, 2.05) is 0 Å². The maximum Gasteiger partial charge on any atom is 0.0467 e. The van der Waals surface area contributed by atoms with E-state index in [-0.39, 0.29) is 0 Å². The molecule has 0 radical (unpaired) electrons. The van der Waals surface area contributed by atoms with Crippen molar-refractivity contribution in [3.05, 3.63) is 48.0 Å². The first-order valence-corrected chi connectivity index (χ1v) is 8.38. The Morgan fingerprint density at radius 1 is 0.762 bits per heavy atom. The van der Waals surface area contributed by atoms with Crippen LogP contribution in [0.15, 0.2) is 42.5 Å². The Bertz CT molecular complexity index is 708. The van der Waals surface area contributed by atoms with E-state index in [1.54, 1.807) is 0 Å². The van der Waals surface area contributed by atoms with E-state index in [1.165, 1.54) is 72.3 Å². The molecule has 21 heavy (non-hydrogen) atoms. The van der Waals surface area contributed by atoms with Crippen LogP contribution in [0, 0.1) is 0 Å². The van der Waals surface area contributed by atoms with E-state index in [2.05, 4.69) is 54.4 Å². The quantitative estimate of drug-likeness (QED) is 0.494. The molecular formula is C20H25N. The molecule has 1 heterocycles. The summed E-state index contributed by atoms with van der Waals surface area (Å²) in [6.07, 6.45) is 9.40. The zero-order valence-electron chi connectivity index (χ0n) is 13.0. The normalized spacial score (nSPS) is 11.5. The Labute approximate surface area is 127 Å². The number of unbranched alkanes of at least 4 members (excludes halogenated alkanes) is 5.